The maximum absolute atomic E-state index is 13.8. The summed E-state index contributed by atoms with van der Waals surface area (Å²) in [5.74, 6) is -0.0636. The second kappa shape index (κ2) is 8.29. The highest BCUT2D eigenvalue weighted by Gasteiger charge is 2.18. The summed E-state index contributed by atoms with van der Waals surface area (Å²) in [7, 11) is 0. The maximum Gasteiger partial charge on any atom is 0.162 e. The zero-order valence-corrected chi connectivity index (χ0v) is 14.7. The van der Waals surface area contributed by atoms with E-state index in [0.717, 1.165) is 0 Å². The second-order valence-corrected chi connectivity index (χ2v) is 5.86. The van der Waals surface area contributed by atoms with Crippen LogP contribution >= 0.6 is 11.6 Å². The minimum atomic E-state index is -0.830. The van der Waals surface area contributed by atoms with Crippen molar-refractivity contribution in [1.29, 1.82) is 5.26 Å². The van der Waals surface area contributed by atoms with Gasteiger partial charge < -0.3 is 15.6 Å². The van der Waals surface area contributed by atoms with E-state index >= 15 is 0 Å². The van der Waals surface area contributed by atoms with Gasteiger partial charge in [-0.25, -0.2) is 9.38 Å². The van der Waals surface area contributed by atoms with Gasteiger partial charge in [0.2, 0.25) is 0 Å². The Morgan fingerprint density at radius 2 is 2.26 bits per heavy atom. The summed E-state index contributed by atoms with van der Waals surface area (Å²) in [6.07, 6.45) is 4.36. The van der Waals surface area contributed by atoms with Crippen LogP contribution in [0.25, 0.3) is 0 Å². The van der Waals surface area contributed by atoms with Crippen LogP contribution in [0.3, 0.4) is 0 Å². The van der Waals surface area contributed by atoms with Gasteiger partial charge in [-0.1, -0.05) is 35.0 Å². The van der Waals surface area contributed by atoms with Crippen molar-refractivity contribution in [1.82, 2.24) is 10.5 Å². The number of halogens is 2. The summed E-state index contributed by atoms with van der Waals surface area (Å²) in [6.45, 7) is 0.0924. The van der Waals surface area contributed by atoms with Crippen LogP contribution in [0.1, 0.15) is 11.3 Å². The Labute approximate surface area is 159 Å². The number of nitrogens with one attached hydrogen (secondary N) is 1. The van der Waals surface area contributed by atoms with Gasteiger partial charge in [-0.05, 0) is 12.1 Å². The lowest BCUT2D eigenvalue weighted by atomic mass is 10.2. The highest BCUT2D eigenvalue weighted by atomic mass is 35.5. The molecule has 0 saturated heterocycles. The minimum absolute atomic E-state index is 0.0924. The molecule has 1 atom stereocenters. The topological polar surface area (TPSA) is 113 Å². The Kier molecular flexibility index (Phi) is 5.64. The Morgan fingerprint density at radius 1 is 1.44 bits per heavy atom. The Morgan fingerprint density at radius 3 is 2.93 bits per heavy atom. The molecule has 9 heteroatoms. The molecule has 1 aliphatic rings. The molecule has 0 bridgehead atoms. The summed E-state index contributed by atoms with van der Waals surface area (Å²) >= 11 is 6.02. The van der Waals surface area contributed by atoms with E-state index < -0.39 is 5.50 Å². The van der Waals surface area contributed by atoms with Gasteiger partial charge in [0.05, 0.1) is 29.6 Å². The van der Waals surface area contributed by atoms with Crippen LogP contribution in [0.4, 0.5) is 4.39 Å². The number of allylic oxidation sites excluding steroid dienone is 1. The molecule has 7 nitrogen and oxygen atoms in total. The number of benzene rings is 1. The van der Waals surface area contributed by atoms with E-state index in [1.165, 1.54) is 24.6 Å². The molecule has 1 aromatic heterocycles. The first-order valence-corrected chi connectivity index (χ1v) is 8.27. The second-order valence-electron chi connectivity index (χ2n) is 5.45. The molecule has 0 amide bonds. The first-order valence-electron chi connectivity index (χ1n) is 7.83. The average molecular weight is 385 g/mol. The molecule has 2 aromatic rings. The normalized spacial score (nSPS) is 17.6. The fourth-order valence-corrected chi connectivity index (χ4v) is 2.45. The van der Waals surface area contributed by atoms with Crippen LogP contribution in [0, 0.1) is 17.1 Å². The molecule has 27 heavy (non-hydrogen) atoms. The zero-order chi connectivity index (χ0) is 19.2. The maximum atomic E-state index is 13.8. The molecular formula is C18H14ClFN6O. The number of alkyl halides is 1. The molecule has 0 spiro atoms. The van der Waals surface area contributed by atoms with E-state index in [0.29, 0.717) is 17.0 Å². The van der Waals surface area contributed by atoms with Gasteiger partial charge >= 0.3 is 0 Å². The van der Waals surface area contributed by atoms with Gasteiger partial charge in [0.25, 0.3) is 0 Å². The molecule has 0 saturated carbocycles. The van der Waals surface area contributed by atoms with Gasteiger partial charge in [-0.3, -0.25) is 4.99 Å². The number of aromatic nitrogens is 1. The molecule has 0 aliphatic carbocycles. The van der Waals surface area contributed by atoms with Gasteiger partial charge in [0, 0.05) is 17.8 Å². The predicted molar refractivity (Wildman–Crippen MR) is 99.3 cm³/mol. The largest absolute Gasteiger partial charge is 0.396 e. The number of nitrogens with two attached hydrogens (primary N) is 1. The Bertz CT molecular complexity index is 988. The minimum Gasteiger partial charge on any atom is -0.396 e. The molecule has 0 fully saturated rings. The van der Waals surface area contributed by atoms with E-state index in [4.69, 9.17) is 27.1 Å². The Hall–Kier alpha value is -3.44. The van der Waals surface area contributed by atoms with Crippen molar-refractivity contribution in [2.75, 3.05) is 0 Å². The smallest absolute Gasteiger partial charge is 0.162 e. The summed E-state index contributed by atoms with van der Waals surface area (Å²) in [6, 6.07) is 9.90. The molecular weight excluding hydrogens is 371 g/mol. The van der Waals surface area contributed by atoms with E-state index in [1.807, 2.05) is 6.07 Å². The molecule has 0 radical (unpaired) electrons. The number of rotatable bonds is 5. The lowest BCUT2D eigenvalue weighted by Gasteiger charge is -2.15. The van der Waals surface area contributed by atoms with Crippen molar-refractivity contribution in [2.45, 2.75) is 12.0 Å². The first kappa shape index (κ1) is 18.4. The molecule has 1 aromatic carbocycles. The van der Waals surface area contributed by atoms with E-state index in [2.05, 4.69) is 20.5 Å². The SMILES string of the molecule is N#CC1=CNC(/C(N)=C/C(=NCc2ccccc2F)c2ccon2)=NC1Cl. The standard InChI is InChI=1S/C18H14ClFN6O/c19-17-12(8-21)10-24-18(25-17)14(22)7-16(15-5-6-27-26-15)23-9-11-3-1-2-4-13(11)20/h1-7,10,17H,9,22H2,(H,24,25)/b14-7-,23-16?. The Balaban J connectivity index is 1.89. The van der Waals surface area contributed by atoms with Crippen molar-refractivity contribution in [2.24, 2.45) is 15.7 Å². The third-order valence-corrected chi connectivity index (χ3v) is 3.97. The lowest BCUT2D eigenvalue weighted by molar-refractivity contribution is 0.418. The van der Waals surface area contributed by atoms with Gasteiger partial charge in [-0.15, -0.1) is 0 Å². The predicted octanol–water partition coefficient (Wildman–Crippen LogP) is 2.62. The van der Waals surface area contributed by atoms with Crippen LogP contribution in [-0.2, 0) is 6.54 Å². The van der Waals surface area contributed by atoms with Crippen LogP contribution in [-0.4, -0.2) is 22.2 Å². The van der Waals surface area contributed by atoms with Crippen molar-refractivity contribution in [3.63, 3.8) is 0 Å². The third kappa shape index (κ3) is 4.40. The number of nitriles is 1. The third-order valence-electron chi connectivity index (χ3n) is 3.64. The monoisotopic (exact) mass is 384 g/mol. The highest BCUT2D eigenvalue weighted by Crippen LogP contribution is 2.15. The van der Waals surface area contributed by atoms with Crippen LogP contribution in [0.5, 0.6) is 0 Å². The van der Waals surface area contributed by atoms with Crippen molar-refractivity contribution >= 4 is 23.1 Å². The van der Waals surface area contributed by atoms with Crippen molar-refractivity contribution < 1.29 is 8.91 Å². The summed E-state index contributed by atoms with van der Waals surface area (Å²) in [5, 5.41) is 15.6. The van der Waals surface area contributed by atoms with Gasteiger partial charge in [-0.2, -0.15) is 5.26 Å². The summed E-state index contributed by atoms with van der Waals surface area (Å²) in [4.78, 5) is 8.53. The quantitative estimate of drug-likeness (QED) is 0.467. The van der Waals surface area contributed by atoms with E-state index in [-0.39, 0.29) is 29.5 Å². The summed E-state index contributed by atoms with van der Waals surface area (Å²) in [5.41, 5.74) is 7.01. The molecule has 1 unspecified atom stereocenters. The van der Waals surface area contributed by atoms with Crippen LogP contribution in [0.2, 0.25) is 0 Å². The lowest BCUT2D eigenvalue weighted by Crippen LogP contribution is -2.31. The number of amidine groups is 1. The van der Waals surface area contributed by atoms with Gasteiger partial charge in [0.1, 0.15) is 23.6 Å². The number of aliphatic imine (C=N–C) groups is 2. The summed E-state index contributed by atoms with van der Waals surface area (Å²) < 4.78 is 18.7. The number of hydrogen-bond donors (Lipinski definition) is 2. The fraction of sp³-hybridized carbons (Fsp3) is 0.111. The average Bonchev–Trinajstić information content (AvgIpc) is 3.20. The molecule has 3 N–H and O–H groups in total. The first-order chi connectivity index (χ1) is 13.1. The highest BCUT2D eigenvalue weighted by molar-refractivity contribution is 6.24. The van der Waals surface area contributed by atoms with Gasteiger partial charge in [0.15, 0.2) is 5.50 Å². The molecule has 3 rings (SSSR count). The molecule has 1 aliphatic heterocycles. The number of hydrogen-bond acceptors (Lipinski definition) is 7. The van der Waals surface area contributed by atoms with Crippen molar-refractivity contribution in [3.05, 3.63) is 77.2 Å². The van der Waals surface area contributed by atoms with Crippen LogP contribution in [0.15, 0.2) is 74.6 Å². The molecule has 2 heterocycles. The van der Waals surface area contributed by atoms with Crippen LogP contribution < -0.4 is 11.1 Å². The van der Waals surface area contributed by atoms with E-state index in [1.54, 1.807) is 24.3 Å². The van der Waals surface area contributed by atoms with Crippen molar-refractivity contribution in [3.8, 4) is 6.07 Å². The fourth-order valence-electron chi connectivity index (χ4n) is 2.24. The number of nitrogens with zero attached hydrogens (tertiary/aromatic N) is 4. The zero-order valence-electron chi connectivity index (χ0n) is 13.9. The molecule has 136 valence electrons. The van der Waals surface area contributed by atoms with E-state index in [9.17, 15) is 4.39 Å².